The van der Waals surface area contributed by atoms with E-state index in [0.717, 1.165) is 0 Å². The zero-order valence-electron chi connectivity index (χ0n) is 14.8. The Balaban J connectivity index is 2.99. The van der Waals surface area contributed by atoms with Crippen LogP contribution in [0.1, 0.15) is 40.5 Å². The van der Waals surface area contributed by atoms with Crippen molar-refractivity contribution in [3.8, 4) is 11.5 Å². The molecule has 0 amide bonds. The highest BCUT2D eigenvalue weighted by atomic mass is 35.5. The second-order valence-electron chi connectivity index (χ2n) is 5.97. The molecule has 1 aromatic carbocycles. The molecule has 134 valence electrons. The normalized spacial score (nSPS) is 11.3. The molecule has 1 aromatic rings. The summed E-state index contributed by atoms with van der Waals surface area (Å²) in [7, 11) is 1.52. The van der Waals surface area contributed by atoms with Crippen LogP contribution in [0.5, 0.6) is 11.5 Å². The van der Waals surface area contributed by atoms with E-state index in [9.17, 15) is 9.59 Å². The van der Waals surface area contributed by atoms with E-state index >= 15 is 0 Å². The molecule has 0 aromatic heterocycles. The molecule has 0 aliphatic rings. The first-order valence-corrected chi connectivity index (χ1v) is 8.41. The van der Waals surface area contributed by atoms with E-state index in [1.54, 1.807) is 26.0 Å². The minimum Gasteiger partial charge on any atom is -0.497 e. The number of carbonyl (C=O) groups excluding carboxylic acids is 2. The fourth-order valence-corrected chi connectivity index (χ4v) is 2.39. The topological polar surface area (TPSA) is 61.8 Å². The van der Waals surface area contributed by atoms with Gasteiger partial charge in [-0.25, -0.2) is 0 Å². The minimum atomic E-state index is -1.34. The Labute approximate surface area is 148 Å². The van der Waals surface area contributed by atoms with Gasteiger partial charge >= 0.3 is 11.9 Å². The summed E-state index contributed by atoms with van der Waals surface area (Å²) in [6.07, 6.45) is 0.570. The summed E-state index contributed by atoms with van der Waals surface area (Å²) in [5, 5.41) is 0.236. The lowest BCUT2D eigenvalue weighted by molar-refractivity contribution is -0.168. The van der Waals surface area contributed by atoms with E-state index in [1.807, 2.05) is 13.8 Å². The number of hydrogen-bond acceptors (Lipinski definition) is 5. The summed E-state index contributed by atoms with van der Waals surface area (Å²) in [5.74, 6) is -0.296. The van der Waals surface area contributed by atoms with Gasteiger partial charge in [-0.05, 0) is 30.9 Å². The highest BCUT2D eigenvalue weighted by Gasteiger charge is 2.46. The lowest BCUT2D eigenvalue weighted by Gasteiger charge is -2.27. The fraction of sp³-hybridized carbons (Fsp3) is 0.556. The number of benzene rings is 1. The van der Waals surface area contributed by atoms with Gasteiger partial charge in [0.25, 0.3) is 0 Å². The van der Waals surface area contributed by atoms with Gasteiger partial charge in [0.05, 0.1) is 18.7 Å². The lowest BCUT2D eigenvalue weighted by Crippen LogP contribution is -2.43. The number of esters is 2. The van der Waals surface area contributed by atoms with Crippen molar-refractivity contribution >= 4 is 23.5 Å². The monoisotopic (exact) mass is 356 g/mol. The molecular weight excluding hydrogens is 332 g/mol. The average molecular weight is 357 g/mol. The van der Waals surface area contributed by atoms with Crippen LogP contribution in [0.4, 0.5) is 0 Å². The Kier molecular flexibility index (Phi) is 7.55. The van der Waals surface area contributed by atoms with Gasteiger partial charge in [-0.15, -0.1) is 0 Å². The van der Waals surface area contributed by atoms with E-state index in [1.165, 1.54) is 13.2 Å². The molecule has 0 aliphatic heterocycles. The van der Waals surface area contributed by atoms with Crippen LogP contribution in [-0.2, 0) is 14.3 Å². The first kappa shape index (κ1) is 20.3. The Hall–Kier alpha value is -1.75. The predicted octanol–water partition coefficient (Wildman–Crippen LogP) is 4.26. The third-order valence-electron chi connectivity index (χ3n) is 3.88. The molecule has 0 aliphatic carbocycles. The van der Waals surface area contributed by atoms with Gasteiger partial charge in [0.2, 0.25) is 0 Å². The molecule has 1 rings (SSSR count). The van der Waals surface area contributed by atoms with E-state index in [2.05, 4.69) is 0 Å². The first-order chi connectivity index (χ1) is 11.3. The zero-order valence-corrected chi connectivity index (χ0v) is 15.6. The van der Waals surface area contributed by atoms with Crippen molar-refractivity contribution < 1.29 is 23.8 Å². The Morgan fingerprint density at radius 1 is 1.17 bits per heavy atom. The SMILES string of the molecule is CCC(CC)(C(=O)OCC(C)C)C(=O)Oc1ccc(OC)cc1Cl. The van der Waals surface area contributed by atoms with Crippen LogP contribution < -0.4 is 9.47 Å². The summed E-state index contributed by atoms with van der Waals surface area (Å²) in [5.41, 5.74) is -1.34. The number of carbonyl (C=O) groups is 2. The molecule has 0 N–H and O–H groups in total. The molecule has 0 radical (unpaired) electrons. The summed E-state index contributed by atoms with van der Waals surface area (Å²) in [6, 6.07) is 4.71. The number of methoxy groups -OCH3 is 1. The molecule has 0 fully saturated rings. The second kappa shape index (κ2) is 8.92. The Morgan fingerprint density at radius 2 is 1.79 bits per heavy atom. The third-order valence-corrected chi connectivity index (χ3v) is 4.17. The van der Waals surface area contributed by atoms with E-state index in [4.69, 9.17) is 25.8 Å². The van der Waals surface area contributed by atoms with E-state index in [-0.39, 0.29) is 36.1 Å². The number of halogens is 1. The van der Waals surface area contributed by atoms with Gasteiger partial charge in [0.15, 0.2) is 5.41 Å². The van der Waals surface area contributed by atoms with Crippen molar-refractivity contribution in [2.45, 2.75) is 40.5 Å². The van der Waals surface area contributed by atoms with Crippen molar-refractivity contribution in [1.29, 1.82) is 0 Å². The Bertz CT molecular complexity index is 579. The van der Waals surface area contributed by atoms with Crippen molar-refractivity contribution in [2.75, 3.05) is 13.7 Å². The predicted molar refractivity (Wildman–Crippen MR) is 92.5 cm³/mol. The van der Waals surface area contributed by atoms with Gasteiger partial charge in [-0.3, -0.25) is 9.59 Å². The van der Waals surface area contributed by atoms with Crippen LogP contribution in [0, 0.1) is 11.3 Å². The molecule has 0 saturated carbocycles. The summed E-state index contributed by atoms with van der Waals surface area (Å²) in [4.78, 5) is 25.1. The number of ether oxygens (including phenoxy) is 3. The van der Waals surface area contributed by atoms with Crippen molar-refractivity contribution in [2.24, 2.45) is 11.3 Å². The molecule has 6 heteroatoms. The summed E-state index contributed by atoms with van der Waals surface area (Å²) in [6.45, 7) is 7.65. The first-order valence-electron chi connectivity index (χ1n) is 8.03. The Morgan fingerprint density at radius 3 is 2.25 bits per heavy atom. The van der Waals surface area contributed by atoms with Crippen molar-refractivity contribution in [1.82, 2.24) is 0 Å². The maximum Gasteiger partial charge on any atom is 0.328 e. The maximum atomic E-state index is 12.7. The molecule has 0 bridgehead atoms. The molecule has 0 unspecified atom stereocenters. The minimum absolute atomic E-state index is 0.186. The summed E-state index contributed by atoms with van der Waals surface area (Å²) < 4.78 is 15.7. The van der Waals surface area contributed by atoms with Crippen molar-refractivity contribution in [3.05, 3.63) is 23.2 Å². The quantitative estimate of drug-likeness (QED) is 0.395. The third kappa shape index (κ3) is 4.63. The fourth-order valence-electron chi connectivity index (χ4n) is 2.18. The highest BCUT2D eigenvalue weighted by Crippen LogP contribution is 2.34. The van der Waals surface area contributed by atoms with Crippen molar-refractivity contribution in [3.63, 3.8) is 0 Å². The largest absolute Gasteiger partial charge is 0.497 e. The number of hydrogen-bond donors (Lipinski definition) is 0. The molecular formula is C18H25ClO5. The molecule has 0 saturated heterocycles. The molecule has 0 atom stereocenters. The van der Waals surface area contributed by atoms with Gasteiger partial charge < -0.3 is 14.2 Å². The maximum absolute atomic E-state index is 12.7. The molecule has 5 nitrogen and oxygen atoms in total. The van der Waals surface area contributed by atoms with Gasteiger partial charge in [-0.1, -0.05) is 39.3 Å². The van der Waals surface area contributed by atoms with Crippen LogP contribution in [-0.4, -0.2) is 25.7 Å². The molecule has 0 spiro atoms. The van der Waals surface area contributed by atoms with E-state index < -0.39 is 17.4 Å². The summed E-state index contributed by atoms with van der Waals surface area (Å²) >= 11 is 6.10. The number of rotatable bonds is 8. The zero-order chi connectivity index (χ0) is 18.3. The lowest BCUT2D eigenvalue weighted by atomic mass is 9.82. The van der Waals surface area contributed by atoms with Crippen LogP contribution in [0.3, 0.4) is 0 Å². The van der Waals surface area contributed by atoms with Gasteiger partial charge in [0, 0.05) is 6.07 Å². The van der Waals surface area contributed by atoms with E-state index in [0.29, 0.717) is 5.75 Å². The van der Waals surface area contributed by atoms with Crippen LogP contribution in [0.15, 0.2) is 18.2 Å². The highest BCUT2D eigenvalue weighted by molar-refractivity contribution is 6.32. The van der Waals surface area contributed by atoms with Gasteiger partial charge in [0.1, 0.15) is 11.5 Å². The standard InChI is InChI=1S/C18H25ClO5/c1-6-18(7-2,16(20)23-11-12(3)4)17(21)24-15-9-8-13(22-5)10-14(15)19/h8-10,12H,6-7,11H2,1-5H3. The second-order valence-corrected chi connectivity index (χ2v) is 6.37. The smallest absolute Gasteiger partial charge is 0.328 e. The average Bonchev–Trinajstić information content (AvgIpc) is 2.56. The molecule has 0 heterocycles. The molecule has 24 heavy (non-hydrogen) atoms. The van der Waals surface area contributed by atoms with Crippen LogP contribution in [0.2, 0.25) is 5.02 Å². The van der Waals surface area contributed by atoms with Crippen LogP contribution in [0.25, 0.3) is 0 Å². The van der Waals surface area contributed by atoms with Gasteiger partial charge in [-0.2, -0.15) is 0 Å². The van der Waals surface area contributed by atoms with Crippen LogP contribution >= 0.6 is 11.6 Å².